The van der Waals surface area contributed by atoms with Gasteiger partial charge in [-0.05, 0) is 37.5 Å². The zero-order valence-corrected chi connectivity index (χ0v) is 21.4. The Morgan fingerprint density at radius 1 is 0.906 bits per heavy atom. The molecule has 186 valence electrons. The monoisotopic (exact) mass is 453 g/mol. The van der Waals surface area contributed by atoms with Crippen LogP contribution in [0.2, 0.25) is 0 Å². The van der Waals surface area contributed by atoms with Crippen molar-refractivity contribution in [3.8, 4) is 0 Å². The Kier molecular flexibility index (Phi) is 13.0. The topological polar surface area (TPSA) is 125 Å². The Labute approximate surface area is 194 Å². The summed E-state index contributed by atoms with van der Waals surface area (Å²) in [6.45, 7) is 19.7. The van der Waals surface area contributed by atoms with Crippen LogP contribution in [0.15, 0.2) is 12.4 Å². The molecule has 0 fully saturated rings. The van der Waals surface area contributed by atoms with Gasteiger partial charge in [-0.2, -0.15) is 0 Å². The van der Waals surface area contributed by atoms with Crippen LogP contribution in [-0.2, 0) is 14.4 Å². The average Bonchev–Trinajstić information content (AvgIpc) is 2.70. The molecule has 0 aromatic heterocycles. The van der Waals surface area contributed by atoms with Crippen LogP contribution in [0.1, 0.15) is 81.1 Å². The van der Waals surface area contributed by atoms with Crippen molar-refractivity contribution in [2.45, 2.75) is 98.7 Å². The van der Waals surface area contributed by atoms with Crippen LogP contribution in [-0.4, -0.2) is 41.9 Å². The third-order valence-corrected chi connectivity index (χ3v) is 5.92. The molecule has 1 atom stereocenters. The lowest BCUT2D eigenvalue weighted by Gasteiger charge is -2.34. The molecule has 3 amide bonds. The van der Waals surface area contributed by atoms with Crippen LogP contribution in [0.5, 0.6) is 0 Å². The van der Waals surface area contributed by atoms with Crippen LogP contribution in [0.4, 0.5) is 0 Å². The van der Waals surface area contributed by atoms with Gasteiger partial charge in [-0.3, -0.25) is 14.4 Å². The molecule has 0 spiro atoms. The molecule has 0 aliphatic heterocycles. The van der Waals surface area contributed by atoms with E-state index in [9.17, 15) is 14.4 Å². The van der Waals surface area contributed by atoms with E-state index in [0.717, 1.165) is 0 Å². The second-order valence-corrected chi connectivity index (χ2v) is 9.58. The van der Waals surface area contributed by atoms with Gasteiger partial charge < -0.3 is 27.0 Å². The lowest BCUT2D eigenvalue weighted by Crippen LogP contribution is -2.62. The molecule has 0 aliphatic rings. The maximum atomic E-state index is 13.3. The van der Waals surface area contributed by atoms with Gasteiger partial charge in [-0.25, -0.2) is 0 Å². The number of amides is 3. The number of carbonyl (C=O) groups excluding carboxylic acids is 3. The summed E-state index contributed by atoms with van der Waals surface area (Å²) in [5, 5.41) is 11.9. The van der Waals surface area contributed by atoms with E-state index >= 15 is 0 Å². The van der Waals surface area contributed by atoms with Crippen LogP contribution in [0.3, 0.4) is 0 Å². The highest BCUT2D eigenvalue weighted by Gasteiger charge is 2.39. The summed E-state index contributed by atoms with van der Waals surface area (Å²) >= 11 is 0. The molecule has 0 bridgehead atoms. The number of nitrogens with one attached hydrogen (secondary N) is 4. The van der Waals surface area contributed by atoms with Crippen LogP contribution >= 0.6 is 0 Å². The summed E-state index contributed by atoms with van der Waals surface area (Å²) in [5.41, 5.74) is 4.49. The number of nitrogens with two attached hydrogens (primary N) is 1. The summed E-state index contributed by atoms with van der Waals surface area (Å²) < 4.78 is 0. The average molecular weight is 454 g/mol. The molecular weight excluding hydrogens is 406 g/mol. The zero-order chi connectivity index (χ0) is 25.1. The predicted molar refractivity (Wildman–Crippen MR) is 130 cm³/mol. The molecule has 0 saturated heterocycles. The second-order valence-electron chi connectivity index (χ2n) is 9.58. The van der Waals surface area contributed by atoms with E-state index in [1.807, 2.05) is 13.8 Å². The highest BCUT2D eigenvalue weighted by atomic mass is 16.2. The SMILES string of the molecule is C=C(N)NCCC[C@H](NC(=O)C(CC)(CC)NC(=O)C(C)C)C(=O)NC(C(C)C)C(C)C. The summed E-state index contributed by atoms with van der Waals surface area (Å²) in [6, 6.07) is -0.727. The van der Waals surface area contributed by atoms with E-state index in [1.165, 1.54) is 0 Å². The Morgan fingerprint density at radius 3 is 1.84 bits per heavy atom. The van der Waals surface area contributed by atoms with E-state index < -0.39 is 11.6 Å². The molecule has 0 aliphatic carbocycles. The fraction of sp³-hybridized carbons (Fsp3) is 0.792. The summed E-state index contributed by atoms with van der Waals surface area (Å²) in [5.74, 6) is -0.0986. The molecule has 0 radical (unpaired) electrons. The first-order chi connectivity index (χ1) is 14.8. The van der Waals surface area contributed by atoms with Crippen molar-refractivity contribution in [3.05, 3.63) is 12.4 Å². The molecule has 0 aromatic rings. The van der Waals surface area contributed by atoms with Gasteiger partial charge in [-0.15, -0.1) is 0 Å². The first-order valence-electron chi connectivity index (χ1n) is 11.9. The van der Waals surface area contributed by atoms with Crippen LogP contribution in [0, 0.1) is 17.8 Å². The number of hydrogen-bond donors (Lipinski definition) is 5. The number of hydrogen-bond acceptors (Lipinski definition) is 5. The van der Waals surface area contributed by atoms with Crippen molar-refractivity contribution in [1.82, 2.24) is 21.3 Å². The van der Waals surface area contributed by atoms with Gasteiger partial charge in [0.1, 0.15) is 11.6 Å². The van der Waals surface area contributed by atoms with Gasteiger partial charge in [0.15, 0.2) is 0 Å². The lowest BCUT2D eigenvalue weighted by molar-refractivity contribution is -0.137. The molecule has 8 nitrogen and oxygen atoms in total. The fourth-order valence-electron chi connectivity index (χ4n) is 3.67. The standard InChI is InChI=1S/C24H47N5O3/c1-10-24(11-2,29-21(30)17(7)8)23(32)27-19(13-12-14-26-18(9)25)22(31)28-20(15(3)4)16(5)6/h15-17,19-20,26H,9-14,25H2,1-8H3,(H,27,32)(H,28,31)(H,29,30)/t19-/m0/s1. The molecule has 8 heteroatoms. The van der Waals surface area contributed by atoms with Crippen molar-refractivity contribution in [2.24, 2.45) is 23.5 Å². The van der Waals surface area contributed by atoms with Crippen LogP contribution < -0.4 is 27.0 Å². The molecule has 0 unspecified atom stereocenters. The maximum Gasteiger partial charge on any atom is 0.246 e. The van der Waals surface area contributed by atoms with Gasteiger partial charge in [0.2, 0.25) is 17.7 Å². The smallest absolute Gasteiger partial charge is 0.246 e. The second kappa shape index (κ2) is 14.0. The highest BCUT2D eigenvalue weighted by molar-refractivity contribution is 5.95. The summed E-state index contributed by atoms with van der Waals surface area (Å²) in [4.78, 5) is 38.9. The van der Waals surface area contributed by atoms with Crippen molar-refractivity contribution in [3.63, 3.8) is 0 Å². The number of rotatable bonds is 15. The van der Waals surface area contributed by atoms with E-state index in [4.69, 9.17) is 5.73 Å². The van der Waals surface area contributed by atoms with Crippen molar-refractivity contribution in [1.29, 1.82) is 0 Å². The van der Waals surface area contributed by atoms with Gasteiger partial charge in [0, 0.05) is 18.5 Å². The van der Waals surface area contributed by atoms with Crippen LogP contribution in [0.25, 0.3) is 0 Å². The predicted octanol–water partition coefficient (Wildman–Crippen LogP) is 2.40. The maximum absolute atomic E-state index is 13.3. The lowest BCUT2D eigenvalue weighted by atomic mass is 9.89. The molecule has 0 aromatic carbocycles. The minimum absolute atomic E-state index is 0.00778. The molecule has 0 rings (SSSR count). The van der Waals surface area contributed by atoms with Crippen molar-refractivity contribution < 1.29 is 14.4 Å². The van der Waals surface area contributed by atoms with Gasteiger partial charge in [0.25, 0.3) is 0 Å². The molecule has 32 heavy (non-hydrogen) atoms. The zero-order valence-electron chi connectivity index (χ0n) is 21.4. The first-order valence-corrected chi connectivity index (χ1v) is 11.9. The minimum atomic E-state index is -1.06. The van der Waals surface area contributed by atoms with E-state index in [0.29, 0.717) is 38.0 Å². The minimum Gasteiger partial charge on any atom is -0.386 e. The first kappa shape index (κ1) is 29.8. The number of carbonyl (C=O) groups is 3. The van der Waals surface area contributed by atoms with Crippen molar-refractivity contribution in [2.75, 3.05) is 6.54 Å². The van der Waals surface area contributed by atoms with Crippen molar-refractivity contribution >= 4 is 17.7 Å². The Morgan fingerprint density at radius 2 is 1.44 bits per heavy atom. The third-order valence-electron chi connectivity index (χ3n) is 5.92. The Hall–Kier alpha value is -2.25. The van der Waals surface area contributed by atoms with Gasteiger partial charge >= 0.3 is 0 Å². The normalized spacial score (nSPS) is 12.8. The van der Waals surface area contributed by atoms with E-state index in [1.54, 1.807) is 13.8 Å². The third kappa shape index (κ3) is 9.49. The molecule has 6 N–H and O–H groups in total. The van der Waals surface area contributed by atoms with Gasteiger partial charge in [-0.1, -0.05) is 62.0 Å². The summed E-state index contributed by atoms with van der Waals surface area (Å²) in [7, 11) is 0. The highest BCUT2D eigenvalue weighted by Crippen LogP contribution is 2.18. The van der Waals surface area contributed by atoms with E-state index in [-0.39, 0.29) is 41.5 Å². The quantitative estimate of drug-likeness (QED) is 0.244. The Bertz CT molecular complexity index is 619. The molecular formula is C24H47N5O3. The molecule has 0 saturated carbocycles. The Balaban J connectivity index is 5.62. The molecule has 0 heterocycles. The fourth-order valence-corrected chi connectivity index (χ4v) is 3.67. The largest absolute Gasteiger partial charge is 0.386 e. The van der Waals surface area contributed by atoms with Gasteiger partial charge in [0.05, 0.1) is 5.82 Å². The summed E-state index contributed by atoms with van der Waals surface area (Å²) in [6.07, 6.45) is 1.91. The van der Waals surface area contributed by atoms with E-state index in [2.05, 4.69) is 55.5 Å².